The third-order valence-electron chi connectivity index (χ3n) is 12.0. The highest BCUT2D eigenvalue weighted by Gasteiger charge is 2.47. The van der Waals surface area contributed by atoms with Gasteiger partial charge >= 0.3 is 12.2 Å². The van der Waals surface area contributed by atoms with Crippen LogP contribution in [0.5, 0.6) is 0 Å². The van der Waals surface area contributed by atoms with Crippen LogP contribution in [0.2, 0.25) is 0 Å². The topological polar surface area (TPSA) is 175 Å². The van der Waals surface area contributed by atoms with Crippen molar-refractivity contribution in [1.29, 1.82) is 0 Å². The van der Waals surface area contributed by atoms with Crippen LogP contribution >= 0.6 is 0 Å². The van der Waals surface area contributed by atoms with Crippen molar-refractivity contribution >= 4 is 56.8 Å². The molecule has 14 nitrogen and oxygen atoms in total. The molecule has 1 saturated carbocycles. The summed E-state index contributed by atoms with van der Waals surface area (Å²) >= 11 is 0. The van der Waals surface area contributed by atoms with Gasteiger partial charge in [-0.3, -0.25) is 9.59 Å². The summed E-state index contributed by atoms with van der Waals surface area (Å²) in [6.07, 6.45) is 4.15. The van der Waals surface area contributed by atoms with E-state index in [1.165, 1.54) is 20.6 Å². The molecule has 6 aromatic rings. The Morgan fingerprint density at radius 2 is 1.49 bits per heavy atom. The lowest BCUT2D eigenvalue weighted by Gasteiger charge is -2.47. The summed E-state index contributed by atoms with van der Waals surface area (Å²) in [5.41, 5.74) is 7.20. The number of likely N-dealkylation sites (tertiary alicyclic amines) is 1. The highest BCUT2D eigenvalue weighted by molar-refractivity contribution is 6.05. The van der Waals surface area contributed by atoms with Crippen LogP contribution in [0, 0.1) is 5.92 Å². The Morgan fingerprint density at radius 3 is 2.13 bits per heavy atom. The summed E-state index contributed by atoms with van der Waals surface area (Å²) in [5, 5.41) is 7.28. The van der Waals surface area contributed by atoms with E-state index in [0.29, 0.717) is 6.54 Å². The molecule has 3 heterocycles. The molecule has 1 aliphatic heterocycles. The van der Waals surface area contributed by atoms with E-state index in [-0.39, 0.29) is 30.3 Å². The van der Waals surface area contributed by atoms with Gasteiger partial charge in [-0.2, -0.15) is 0 Å². The minimum atomic E-state index is -0.693. The molecule has 2 fully saturated rings. The SMILES string of the molecule is CCC.COC(=O)NCC(=O)N(C)C1(c2nc3ccc(-c4ccc(-c5ccc6c(ccc7[nH]c([C@@H]8CCCN8C(=O)C(NC(=O)OC)C(C)C)nc76)c5)cc4)cc3[nH]2)CCC1. The number of carbonyl (C=O) groups excluding carboxylic acids is 4. The first-order valence-electron chi connectivity index (χ1n) is 21.2. The summed E-state index contributed by atoms with van der Waals surface area (Å²) in [6, 6.07) is 24.3. The molecular weight excluding hydrogens is 773 g/mol. The van der Waals surface area contributed by atoms with Crippen molar-refractivity contribution in [3.05, 3.63) is 84.4 Å². The fourth-order valence-corrected chi connectivity index (χ4v) is 8.44. The number of hydrogen-bond donors (Lipinski definition) is 4. The van der Waals surface area contributed by atoms with Gasteiger partial charge < -0.3 is 39.9 Å². The van der Waals surface area contributed by atoms with E-state index < -0.39 is 23.8 Å². The summed E-state index contributed by atoms with van der Waals surface area (Å²) < 4.78 is 9.40. The standard InChI is InChI=1S/C44H48N8O6.C3H8/c1-25(2)37(50-43(56)58-5)40(54)52-21-6-8-35(52)39-46-33-18-15-30-22-28(13-16-31(30)38(33)49-39)26-9-11-27(12-10-26)29-14-17-32-34(23-29)48-41(47-32)44(19-7-20-44)51(3)36(53)24-45-42(55)57-4;1-3-2/h9-18,22-23,25,35,37H,6-8,19-21,24H2,1-5H3,(H,45,55)(H,46,49)(H,47,48)(H,50,56);3H2,1-2H3/t35-,37?;/m0./s1. The van der Waals surface area contributed by atoms with Gasteiger partial charge in [-0.25, -0.2) is 19.6 Å². The Bertz CT molecular complexity index is 2560. The first-order chi connectivity index (χ1) is 29.4. The average Bonchev–Trinajstić information content (AvgIpc) is 4.02. The van der Waals surface area contributed by atoms with Crippen LogP contribution < -0.4 is 10.6 Å². The van der Waals surface area contributed by atoms with E-state index in [2.05, 4.69) is 99.8 Å². The molecule has 4 amide bonds. The quantitative estimate of drug-likeness (QED) is 0.106. The Kier molecular flexibility index (Phi) is 12.6. The number of nitrogens with one attached hydrogen (secondary N) is 4. The monoisotopic (exact) mass is 828 g/mol. The first kappa shape index (κ1) is 42.7. The van der Waals surface area contributed by atoms with Crippen molar-refractivity contribution in [1.82, 2.24) is 40.4 Å². The summed E-state index contributed by atoms with van der Waals surface area (Å²) in [4.78, 5) is 70.7. The number of nitrogens with zero attached hydrogens (tertiary/aromatic N) is 4. The number of amides is 4. The molecule has 1 aliphatic carbocycles. The number of aromatic nitrogens is 4. The number of hydrogen-bond acceptors (Lipinski definition) is 8. The molecule has 1 unspecified atom stereocenters. The van der Waals surface area contributed by atoms with Crippen LogP contribution in [0.4, 0.5) is 9.59 Å². The molecule has 4 N–H and O–H groups in total. The zero-order chi connectivity index (χ0) is 43.4. The Balaban J connectivity index is 0.00000182. The van der Waals surface area contributed by atoms with Gasteiger partial charge in [0.25, 0.3) is 0 Å². The molecule has 2 aromatic heterocycles. The summed E-state index contributed by atoms with van der Waals surface area (Å²) in [5.74, 6) is 1.03. The second-order valence-corrected chi connectivity index (χ2v) is 16.4. The zero-order valence-corrected chi connectivity index (χ0v) is 36.1. The predicted molar refractivity (Wildman–Crippen MR) is 237 cm³/mol. The van der Waals surface area contributed by atoms with Crippen molar-refractivity contribution in [3.8, 4) is 22.3 Å². The molecule has 2 aliphatic rings. The molecule has 8 rings (SSSR count). The molecule has 1 saturated heterocycles. The van der Waals surface area contributed by atoms with E-state index in [1.807, 2.05) is 30.9 Å². The normalized spacial score (nSPS) is 16.1. The third-order valence-corrected chi connectivity index (χ3v) is 12.0. The number of fused-ring (bicyclic) bond motifs is 4. The summed E-state index contributed by atoms with van der Waals surface area (Å²) in [7, 11) is 4.32. The third kappa shape index (κ3) is 8.48. The number of H-pyrrole nitrogens is 2. The number of imidazole rings is 2. The molecule has 0 radical (unpaired) electrons. The molecule has 14 heteroatoms. The van der Waals surface area contributed by atoms with Crippen molar-refractivity contribution in [2.75, 3.05) is 34.4 Å². The molecular formula is C47H56N8O6. The Hall–Kier alpha value is -6.44. The molecule has 0 bridgehead atoms. The van der Waals surface area contributed by atoms with Crippen LogP contribution in [0.1, 0.15) is 83.9 Å². The van der Waals surface area contributed by atoms with Gasteiger partial charge in [-0.15, -0.1) is 0 Å². The van der Waals surface area contributed by atoms with Gasteiger partial charge in [0.1, 0.15) is 29.8 Å². The number of likely N-dealkylation sites (N-methyl/N-ethyl adjacent to an activating group) is 1. The van der Waals surface area contributed by atoms with E-state index in [4.69, 9.17) is 14.7 Å². The number of rotatable bonds is 10. The van der Waals surface area contributed by atoms with Crippen molar-refractivity contribution < 1.29 is 28.7 Å². The lowest BCUT2D eigenvalue weighted by atomic mass is 9.74. The maximum atomic E-state index is 13.7. The van der Waals surface area contributed by atoms with Gasteiger partial charge in [-0.1, -0.05) is 82.6 Å². The van der Waals surface area contributed by atoms with E-state index >= 15 is 0 Å². The molecule has 2 atom stereocenters. The lowest BCUT2D eigenvalue weighted by molar-refractivity contribution is -0.139. The van der Waals surface area contributed by atoms with E-state index in [1.54, 1.807) is 11.9 Å². The number of ether oxygens (including phenoxy) is 2. The van der Waals surface area contributed by atoms with Gasteiger partial charge in [0.2, 0.25) is 11.8 Å². The second-order valence-electron chi connectivity index (χ2n) is 16.4. The Labute approximate surface area is 355 Å². The average molecular weight is 829 g/mol. The fraction of sp³-hybridized carbons (Fsp3) is 0.404. The van der Waals surface area contributed by atoms with Crippen LogP contribution in [-0.2, 0) is 24.6 Å². The van der Waals surface area contributed by atoms with E-state index in [9.17, 15) is 19.2 Å². The smallest absolute Gasteiger partial charge is 0.407 e. The second kappa shape index (κ2) is 18.0. The highest BCUT2D eigenvalue weighted by atomic mass is 16.5. The predicted octanol–water partition coefficient (Wildman–Crippen LogP) is 8.58. The van der Waals surface area contributed by atoms with Gasteiger partial charge in [0.05, 0.1) is 42.3 Å². The first-order valence-corrected chi connectivity index (χ1v) is 21.2. The zero-order valence-electron chi connectivity index (χ0n) is 36.1. The number of alkyl carbamates (subject to hydrolysis) is 2. The highest BCUT2D eigenvalue weighted by Crippen LogP contribution is 2.45. The van der Waals surface area contributed by atoms with Crippen LogP contribution in [0.3, 0.4) is 0 Å². The van der Waals surface area contributed by atoms with Gasteiger partial charge in [0.15, 0.2) is 0 Å². The number of aromatic amines is 2. The summed E-state index contributed by atoms with van der Waals surface area (Å²) in [6.45, 7) is 8.51. The fourth-order valence-electron chi connectivity index (χ4n) is 8.44. The van der Waals surface area contributed by atoms with Crippen molar-refractivity contribution in [2.45, 2.75) is 83.8 Å². The maximum Gasteiger partial charge on any atom is 0.407 e. The lowest BCUT2D eigenvalue weighted by Crippen LogP contribution is -2.54. The number of carbonyl (C=O) groups is 4. The number of benzene rings is 4. The maximum absolute atomic E-state index is 13.7. The van der Waals surface area contributed by atoms with Gasteiger partial charge in [0, 0.05) is 19.0 Å². The Morgan fingerprint density at radius 1 is 0.836 bits per heavy atom. The number of methoxy groups -OCH3 is 2. The van der Waals surface area contributed by atoms with Crippen LogP contribution in [0.25, 0.3) is 55.1 Å². The van der Waals surface area contributed by atoms with Crippen molar-refractivity contribution in [3.63, 3.8) is 0 Å². The molecule has 61 heavy (non-hydrogen) atoms. The largest absolute Gasteiger partial charge is 0.453 e. The minimum absolute atomic E-state index is 0.109. The van der Waals surface area contributed by atoms with E-state index in [0.717, 1.165) is 98.8 Å². The van der Waals surface area contributed by atoms with Crippen LogP contribution in [0.15, 0.2) is 72.8 Å². The molecule has 4 aromatic carbocycles. The molecule has 0 spiro atoms. The minimum Gasteiger partial charge on any atom is -0.453 e. The van der Waals surface area contributed by atoms with Crippen molar-refractivity contribution in [2.24, 2.45) is 5.92 Å². The van der Waals surface area contributed by atoms with Gasteiger partial charge in [-0.05, 0) is 89.9 Å². The van der Waals surface area contributed by atoms with Crippen LogP contribution in [-0.4, -0.2) is 94.1 Å². The molecule has 320 valence electrons.